The molecule has 2 aromatic heterocycles. The van der Waals surface area contributed by atoms with Crippen molar-refractivity contribution in [1.29, 1.82) is 0 Å². The van der Waals surface area contributed by atoms with Gasteiger partial charge in [0.15, 0.2) is 26.4 Å². The summed E-state index contributed by atoms with van der Waals surface area (Å²) in [6.07, 6.45) is -0.480. The maximum Gasteiger partial charge on any atom is 0.333 e. The molecule has 3 heterocycles. The third-order valence-corrected chi connectivity index (χ3v) is 10.5. The molecule has 1 aliphatic heterocycles. The number of halogens is 1. The predicted octanol–water partition coefficient (Wildman–Crippen LogP) is 1.84. The van der Waals surface area contributed by atoms with Crippen LogP contribution in [0, 0.1) is 0 Å². The lowest BCUT2D eigenvalue weighted by atomic mass is 10.1. The van der Waals surface area contributed by atoms with E-state index < -0.39 is 43.2 Å². The van der Waals surface area contributed by atoms with E-state index >= 15 is 4.39 Å². The molecular weight excluding hydrogens is 421 g/mol. The number of imidazole rings is 1. The highest BCUT2D eigenvalue weighted by Crippen LogP contribution is 2.42. The lowest BCUT2D eigenvalue weighted by Gasteiger charge is -2.39. The monoisotopic (exact) mass is 447 g/mol. The van der Waals surface area contributed by atoms with Gasteiger partial charge in [-0.1, -0.05) is 20.8 Å². The van der Waals surface area contributed by atoms with Gasteiger partial charge >= 0.3 is 10.3 Å². The van der Waals surface area contributed by atoms with E-state index in [-0.39, 0.29) is 11.6 Å². The largest absolute Gasteiger partial charge is 0.408 e. The second-order valence-electron chi connectivity index (χ2n) is 8.56. The molecule has 2 aromatic rings. The summed E-state index contributed by atoms with van der Waals surface area (Å²) in [4.78, 5) is 12.2. The Hall–Kier alpha value is -1.51. The van der Waals surface area contributed by atoms with Crippen LogP contribution in [0.15, 0.2) is 18.9 Å². The van der Waals surface area contributed by atoms with Crippen molar-refractivity contribution >= 4 is 29.8 Å². The molecule has 0 aliphatic carbocycles. The van der Waals surface area contributed by atoms with E-state index in [1.165, 1.54) is 23.4 Å². The van der Waals surface area contributed by atoms with Gasteiger partial charge in [-0.05, 0) is 18.1 Å². The number of hydrogen-bond donors (Lipinski definition) is 2. The smallest absolute Gasteiger partial charge is 0.333 e. The van der Waals surface area contributed by atoms with E-state index in [1.54, 1.807) is 0 Å². The van der Waals surface area contributed by atoms with Gasteiger partial charge in [0.2, 0.25) is 0 Å². The van der Waals surface area contributed by atoms with E-state index in [1.807, 2.05) is 38.6 Å². The van der Waals surface area contributed by atoms with Crippen LogP contribution in [0.2, 0.25) is 18.1 Å². The number of hydrogen-bond acceptors (Lipinski definition) is 7. The molecule has 0 unspecified atom stereocenters. The number of ether oxygens (including phenoxy) is 1. The molecule has 1 aliphatic rings. The Labute approximate surface area is 169 Å². The average Bonchev–Trinajstić information content (AvgIpc) is 3.13. The minimum atomic E-state index is -4.47. The topological polar surface area (TPSA) is 128 Å². The molecule has 162 valence electrons. The zero-order valence-electron chi connectivity index (χ0n) is 16.9. The normalized spacial score (nSPS) is 26.3. The summed E-state index contributed by atoms with van der Waals surface area (Å²) in [6, 6.07) is 0. The maximum atomic E-state index is 15.6. The molecule has 13 heteroatoms. The van der Waals surface area contributed by atoms with Crippen LogP contribution in [0.25, 0.3) is 11.2 Å². The molecule has 10 nitrogen and oxygen atoms in total. The second kappa shape index (κ2) is 7.63. The standard InChI is InChI=1S/C16H26FN5O5SSi/c1-16(2,3)29(4,5)27-13-11(7-21-28(23,24)25)26-15(12(13)17)22-9-20-10-6-18-8-19-14(10)22/h6,8-9,11-13,15,21H,7H2,1-5H3,(H,23,24,25)/t11-,12-,13-,15-/m1/s1. The predicted molar refractivity (Wildman–Crippen MR) is 106 cm³/mol. The van der Waals surface area contributed by atoms with Crippen molar-refractivity contribution in [3.05, 3.63) is 18.9 Å². The zero-order valence-corrected chi connectivity index (χ0v) is 18.7. The number of nitrogens with zero attached hydrogens (tertiary/aromatic N) is 4. The Kier molecular flexibility index (Phi) is 5.84. The first kappa shape index (κ1) is 22.2. The molecule has 0 spiro atoms. The van der Waals surface area contributed by atoms with Gasteiger partial charge < -0.3 is 9.16 Å². The summed E-state index contributed by atoms with van der Waals surface area (Å²) in [6.45, 7) is 9.67. The van der Waals surface area contributed by atoms with E-state index in [0.717, 1.165) is 0 Å². The summed E-state index contributed by atoms with van der Waals surface area (Å²) in [5.41, 5.74) is 0.867. The van der Waals surface area contributed by atoms with Gasteiger partial charge in [-0.15, -0.1) is 0 Å². The number of rotatable bonds is 6. The Morgan fingerprint density at radius 2 is 2.07 bits per heavy atom. The van der Waals surface area contributed by atoms with Crippen molar-refractivity contribution in [3.8, 4) is 0 Å². The molecule has 4 atom stereocenters. The van der Waals surface area contributed by atoms with Crippen LogP contribution in [0.4, 0.5) is 4.39 Å². The summed E-state index contributed by atoms with van der Waals surface area (Å²) < 4.78 is 62.4. The first-order chi connectivity index (χ1) is 13.3. The van der Waals surface area contributed by atoms with E-state index in [0.29, 0.717) is 11.2 Å². The molecule has 3 rings (SSSR count). The molecule has 0 aromatic carbocycles. The lowest BCUT2D eigenvalue weighted by molar-refractivity contribution is -0.0188. The Morgan fingerprint density at radius 3 is 2.69 bits per heavy atom. The molecule has 0 saturated carbocycles. The molecule has 0 radical (unpaired) electrons. The fourth-order valence-corrected chi connectivity index (χ4v) is 4.59. The first-order valence-electron chi connectivity index (χ1n) is 9.12. The van der Waals surface area contributed by atoms with Crippen LogP contribution in [0.5, 0.6) is 0 Å². The van der Waals surface area contributed by atoms with Gasteiger partial charge in [0, 0.05) is 6.54 Å². The van der Waals surface area contributed by atoms with Crippen molar-refractivity contribution in [3.63, 3.8) is 0 Å². The lowest BCUT2D eigenvalue weighted by Crippen LogP contribution is -2.50. The minimum Gasteiger partial charge on any atom is -0.408 e. The highest BCUT2D eigenvalue weighted by atomic mass is 32.2. The number of nitrogens with one attached hydrogen (secondary N) is 1. The molecule has 0 amide bonds. The van der Waals surface area contributed by atoms with Crippen LogP contribution >= 0.6 is 0 Å². The van der Waals surface area contributed by atoms with Gasteiger partial charge in [0.05, 0.1) is 12.5 Å². The number of fused-ring (bicyclic) bond motifs is 1. The zero-order chi connectivity index (χ0) is 21.6. The highest BCUT2D eigenvalue weighted by molar-refractivity contribution is 7.83. The molecule has 0 bridgehead atoms. The fraction of sp³-hybridized carbons (Fsp3) is 0.688. The SMILES string of the molecule is CC(C)(C)[Si](C)(C)O[C@H]1[C@@H](F)[C@H](n2cnc3cncnc32)O[C@@H]1CNS(=O)(=O)O. The molecule has 2 N–H and O–H groups in total. The minimum absolute atomic E-state index is 0.194. The Bertz CT molecular complexity index is 979. The van der Waals surface area contributed by atoms with Crippen molar-refractivity contribution in [2.75, 3.05) is 6.54 Å². The summed E-state index contributed by atoms with van der Waals surface area (Å²) >= 11 is 0. The van der Waals surface area contributed by atoms with Crippen LogP contribution in [-0.4, -0.2) is 65.7 Å². The molecule has 1 saturated heterocycles. The van der Waals surface area contributed by atoms with Crippen LogP contribution in [-0.2, 0) is 19.5 Å². The Morgan fingerprint density at radius 1 is 1.38 bits per heavy atom. The van der Waals surface area contributed by atoms with Gasteiger partial charge in [-0.25, -0.2) is 19.3 Å². The van der Waals surface area contributed by atoms with Crippen molar-refractivity contribution in [1.82, 2.24) is 24.2 Å². The van der Waals surface area contributed by atoms with Gasteiger partial charge in [-0.2, -0.15) is 13.1 Å². The van der Waals surface area contributed by atoms with Crippen LogP contribution in [0.3, 0.4) is 0 Å². The summed E-state index contributed by atoms with van der Waals surface area (Å²) in [5, 5.41) is -0.194. The maximum absolute atomic E-state index is 15.6. The number of aromatic nitrogens is 4. The fourth-order valence-electron chi connectivity index (χ4n) is 2.90. The first-order valence-corrected chi connectivity index (χ1v) is 13.5. The second-order valence-corrected chi connectivity index (χ2v) is 14.6. The van der Waals surface area contributed by atoms with Crippen molar-refractivity contribution < 1.29 is 26.5 Å². The van der Waals surface area contributed by atoms with E-state index in [9.17, 15) is 8.42 Å². The molecule has 29 heavy (non-hydrogen) atoms. The van der Waals surface area contributed by atoms with Crippen LogP contribution < -0.4 is 4.72 Å². The average molecular weight is 448 g/mol. The third-order valence-electron chi connectivity index (χ3n) is 5.48. The quantitative estimate of drug-likeness (QED) is 0.507. The van der Waals surface area contributed by atoms with Gasteiger partial charge in [0.1, 0.15) is 24.1 Å². The number of alkyl halides is 1. The van der Waals surface area contributed by atoms with Crippen molar-refractivity contribution in [2.24, 2.45) is 0 Å². The summed E-state index contributed by atoms with van der Waals surface area (Å²) in [5.74, 6) is 0. The Balaban J connectivity index is 1.93. The van der Waals surface area contributed by atoms with Gasteiger partial charge in [-0.3, -0.25) is 9.12 Å². The molecule has 1 fully saturated rings. The van der Waals surface area contributed by atoms with Crippen molar-refractivity contribution in [2.45, 2.75) is 63.5 Å². The summed E-state index contributed by atoms with van der Waals surface area (Å²) in [7, 11) is -6.87. The van der Waals surface area contributed by atoms with Gasteiger partial charge in [0.25, 0.3) is 0 Å². The van der Waals surface area contributed by atoms with E-state index in [4.69, 9.17) is 13.7 Å². The highest BCUT2D eigenvalue weighted by Gasteiger charge is 2.51. The third kappa shape index (κ3) is 4.64. The molecular formula is C16H26FN5O5SSi. The van der Waals surface area contributed by atoms with Crippen LogP contribution in [0.1, 0.15) is 27.0 Å². The van der Waals surface area contributed by atoms with E-state index in [2.05, 4.69) is 15.0 Å².